The van der Waals surface area contributed by atoms with E-state index in [0.29, 0.717) is 6.04 Å². The molecule has 2 N–H and O–H groups in total. The Hall–Kier alpha value is -2.29. The van der Waals surface area contributed by atoms with E-state index < -0.39 is 0 Å². The molecular formula is C19H22N2O. The van der Waals surface area contributed by atoms with Crippen molar-refractivity contribution in [3.63, 3.8) is 0 Å². The molecule has 1 fully saturated rings. The third kappa shape index (κ3) is 3.48. The average Bonchev–Trinajstić information content (AvgIpc) is 3.33. The van der Waals surface area contributed by atoms with E-state index in [-0.39, 0.29) is 11.9 Å². The molecule has 2 aromatic rings. The van der Waals surface area contributed by atoms with Crippen molar-refractivity contribution in [3.05, 3.63) is 65.2 Å². The molecule has 1 aliphatic carbocycles. The van der Waals surface area contributed by atoms with Gasteiger partial charge in [-0.1, -0.05) is 42.5 Å². The van der Waals surface area contributed by atoms with Crippen LogP contribution in [-0.2, 0) is 4.79 Å². The van der Waals surface area contributed by atoms with Crippen LogP contribution in [0.15, 0.2) is 48.5 Å². The Morgan fingerprint density at radius 1 is 1.09 bits per heavy atom. The molecule has 0 aromatic heterocycles. The molecule has 1 saturated carbocycles. The van der Waals surface area contributed by atoms with Gasteiger partial charge in [-0.25, -0.2) is 0 Å². The van der Waals surface area contributed by atoms with Crippen LogP contribution in [0, 0.1) is 13.8 Å². The number of carbonyl (C=O) groups excluding carboxylic acids is 1. The van der Waals surface area contributed by atoms with Gasteiger partial charge < -0.3 is 10.6 Å². The molecule has 0 bridgehead atoms. The summed E-state index contributed by atoms with van der Waals surface area (Å²) in [6.07, 6.45) is 2.19. The summed E-state index contributed by atoms with van der Waals surface area (Å²) in [5.41, 5.74) is 4.33. The third-order valence-electron chi connectivity index (χ3n) is 4.01. The van der Waals surface area contributed by atoms with Gasteiger partial charge in [0.25, 0.3) is 0 Å². The number of carbonyl (C=O) groups is 1. The number of rotatable bonds is 5. The second-order valence-corrected chi connectivity index (χ2v) is 6.09. The monoisotopic (exact) mass is 294 g/mol. The van der Waals surface area contributed by atoms with Crippen LogP contribution in [0.3, 0.4) is 0 Å². The van der Waals surface area contributed by atoms with Gasteiger partial charge in [-0.2, -0.15) is 0 Å². The predicted octanol–water partition coefficient (Wildman–Crippen LogP) is 3.74. The second kappa shape index (κ2) is 6.22. The first-order chi connectivity index (χ1) is 10.6. The number of nitrogens with one attached hydrogen (secondary N) is 2. The highest BCUT2D eigenvalue weighted by molar-refractivity contribution is 5.86. The summed E-state index contributed by atoms with van der Waals surface area (Å²) >= 11 is 0. The van der Waals surface area contributed by atoms with E-state index in [4.69, 9.17) is 0 Å². The molecular weight excluding hydrogens is 272 g/mol. The lowest BCUT2D eigenvalue weighted by molar-refractivity contribution is -0.122. The molecule has 0 unspecified atom stereocenters. The van der Waals surface area contributed by atoms with Gasteiger partial charge in [-0.3, -0.25) is 4.79 Å². The van der Waals surface area contributed by atoms with Gasteiger partial charge in [0, 0.05) is 11.7 Å². The molecule has 3 nitrogen and oxygen atoms in total. The highest BCUT2D eigenvalue weighted by Gasteiger charge is 2.28. The summed E-state index contributed by atoms with van der Waals surface area (Å²) in [6.45, 7) is 4.12. The second-order valence-electron chi connectivity index (χ2n) is 6.09. The molecule has 0 saturated heterocycles. The molecule has 0 spiro atoms. The Morgan fingerprint density at radius 3 is 2.50 bits per heavy atom. The minimum Gasteiger partial charge on any atom is -0.370 e. The predicted molar refractivity (Wildman–Crippen MR) is 89.9 cm³/mol. The van der Waals surface area contributed by atoms with Gasteiger partial charge in [0.15, 0.2) is 0 Å². The summed E-state index contributed by atoms with van der Waals surface area (Å²) in [4.78, 5) is 12.6. The molecule has 1 atom stereocenters. The van der Waals surface area contributed by atoms with Crippen LogP contribution < -0.4 is 10.6 Å². The van der Waals surface area contributed by atoms with Gasteiger partial charge in [0.05, 0.1) is 0 Å². The topological polar surface area (TPSA) is 41.1 Å². The van der Waals surface area contributed by atoms with Crippen LogP contribution >= 0.6 is 0 Å². The molecule has 0 radical (unpaired) electrons. The number of benzene rings is 2. The highest BCUT2D eigenvalue weighted by Crippen LogP contribution is 2.26. The van der Waals surface area contributed by atoms with Crippen LogP contribution in [-0.4, -0.2) is 11.9 Å². The summed E-state index contributed by atoms with van der Waals surface area (Å²) in [7, 11) is 0. The van der Waals surface area contributed by atoms with E-state index in [0.717, 1.165) is 29.7 Å². The fourth-order valence-electron chi connectivity index (χ4n) is 2.50. The Labute approximate surface area is 131 Å². The van der Waals surface area contributed by atoms with Crippen LogP contribution in [0.5, 0.6) is 0 Å². The lowest BCUT2D eigenvalue weighted by atomic mass is 10.0. The Morgan fingerprint density at radius 2 is 1.82 bits per heavy atom. The molecule has 3 rings (SSSR count). The maximum atomic E-state index is 12.6. The van der Waals surface area contributed by atoms with Gasteiger partial charge >= 0.3 is 0 Å². The number of hydrogen-bond donors (Lipinski definition) is 2. The van der Waals surface area contributed by atoms with Crippen LogP contribution in [0.1, 0.15) is 35.6 Å². The average molecular weight is 294 g/mol. The highest BCUT2D eigenvalue weighted by atomic mass is 16.2. The molecule has 0 aliphatic heterocycles. The third-order valence-corrected chi connectivity index (χ3v) is 4.01. The molecule has 0 heterocycles. The summed E-state index contributed by atoms with van der Waals surface area (Å²) < 4.78 is 0. The Balaban J connectivity index is 1.87. The summed E-state index contributed by atoms with van der Waals surface area (Å²) in [5.74, 6) is 0.0506. The van der Waals surface area contributed by atoms with Gasteiger partial charge in [-0.05, 0) is 49.4 Å². The fourth-order valence-corrected chi connectivity index (χ4v) is 2.50. The van der Waals surface area contributed by atoms with E-state index in [1.54, 1.807) is 0 Å². The largest absolute Gasteiger partial charge is 0.370 e. The van der Waals surface area contributed by atoms with E-state index in [1.807, 2.05) is 30.3 Å². The number of anilines is 1. The first kappa shape index (κ1) is 14.6. The van der Waals surface area contributed by atoms with Crippen molar-refractivity contribution in [3.8, 4) is 0 Å². The minimum absolute atomic E-state index is 0.0506. The lowest BCUT2D eigenvalue weighted by Gasteiger charge is -2.21. The fraction of sp³-hybridized carbons (Fsp3) is 0.316. The minimum atomic E-state index is -0.359. The number of hydrogen-bond acceptors (Lipinski definition) is 2. The van der Waals surface area contributed by atoms with Crippen LogP contribution in [0.2, 0.25) is 0 Å². The number of aryl methyl sites for hydroxylation is 2. The zero-order chi connectivity index (χ0) is 15.5. The van der Waals surface area contributed by atoms with Crippen molar-refractivity contribution in [1.29, 1.82) is 0 Å². The maximum absolute atomic E-state index is 12.6. The normalized spacial score (nSPS) is 15.2. The molecule has 22 heavy (non-hydrogen) atoms. The zero-order valence-electron chi connectivity index (χ0n) is 13.1. The van der Waals surface area contributed by atoms with E-state index in [9.17, 15) is 4.79 Å². The molecule has 1 amide bonds. The lowest BCUT2D eigenvalue weighted by Crippen LogP contribution is -2.35. The van der Waals surface area contributed by atoms with Gasteiger partial charge in [-0.15, -0.1) is 0 Å². The van der Waals surface area contributed by atoms with Crippen molar-refractivity contribution in [1.82, 2.24) is 5.32 Å². The Bertz CT molecular complexity index is 662. The van der Waals surface area contributed by atoms with Crippen LogP contribution in [0.4, 0.5) is 5.69 Å². The SMILES string of the molecule is Cc1ccc(C)c(N[C@H](C(=O)NC2CC2)c2ccccc2)c1. The van der Waals surface area contributed by atoms with Crippen molar-refractivity contribution in [2.45, 2.75) is 38.8 Å². The van der Waals surface area contributed by atoms with E-state index in [2.05, 4.69) is 42.7 Å². The summed E-state index contributed by atoms with van der Waals surface area (Å²) in [6, 6.07) is 16.2. The van der Waals surface area contributed by atoms with Gasteiger partial charge in [0.2, 0.25) is 5.91 Å². The molecule has 2 aromatic carbocycles. The molecule has 114 valence electrons. The summed E-state index contributed by atoms with van der Waals surface area (Å²) in [5, 5.41) is 6.53. The van der Waals surface area contributed by atoms with Crippen LogP contribution in [0.25, 0.3) is 0 Å². The molecule has 3 heteroatoms. The first-order valence-electron chi connectivity index (χ1n) is 7.82. The Kier molecular flexibility index (Phi) is 4.14. The van der Waals surface area contributed by atoms with Crippen molar-refractivity contribution >= 4 is 11.6 Å². The van der Waals surface area contributed by atoms with Crippen molar-refractivity contribution in [2.75, 3.05) is 5.32 Å². The quantitative estimate of drug-likeness (QED) is 0.882. The maximum Gasteiger partial charge on any atom is 0.247 e. The first-order valence-corrected chi connectivity index (χ1v) is 7.82. The van der Waals surface area contributed by atoms with Crippen molar-refractivity contribution in [2.24, 2.45) is 0 Å². The van der Waals surface area contributed by atoms with E-state index >= 15 is 0 Å². The number of amides is 1. The zero-order valence-corrected chi connectivity index (χ0v) is 13.1. The van der Waals surface area contributed by atoms with E-state index in [1.165, 1.54) is 5.56 Å². The molecule has 1 aliphatic rings. The smallest absolute Gasteiger partial charge is 0.247 e. The van der Waals surface area contributed by atoms with Gasteiger partial charge in [0.1, 0.15) is 6.04 Å². The van der Waals surface area contributed by atoms with Crippen molar-refractivity contribution < 1.29 is 4.79 Å². The standard InChI is InChI=1S/C19H22N2O/c1-13-8-9-14(2)17(12-13)21-18(15-6-4-3-5-7-15)19(22)20-16-10-11-16/h3-9,12,16,18,21H,10-11H2,1-2H3,(H,20,22)/t18-/m0/s1.